The van der Waals surface area contributed by atoms with Crippen molar-refractivity contribution in [2.75, 3.05) is 47.5 Å². The molecule has 25 heavy (non-hydrogen) atoms. The van der Waals surface area contributed by atoms with E-state index in [9.17, 15) is 9.59 Å². The molecule has 2 amide bonds. The van der Waals surface area contributed by atoms with E-state index in [-0.39, 0.29) is 5.91 Å². The molecule has 1 N–H and O–H groups in total. The maximum atomic E-state index is 13.0. The molecule has 1 aliphatic heterocycles. The Labute approximate surface area is 145 Å². The van der Waals surface area contributed by atoms with Gasteiger partial charge in [0, 0.05) is 38.4 Å². The van der Waals surface area contributed by atoms with Gasteiger partial charge in [0.1, 0.15) is 0 Å². The Morgan fingerprint density at radius 1 is 1.08 bits per heavy atom. The second kappa shape index (κ2) is 6.92. The minimum Gasteiger partial charge on any atom is -0.493 e. The van der Waals surface area contributed by atoms with Gasteiger partial charge in [0.05, 0.1) is 37.8 Å². The number of benzene rings is 1. The molecule has 1 fully saturated rings. The highest BCUT2D eigenvalue weighted by Gasteiger charge is 2.27. The molecule has 8 nitrogen and oxygen atoms in total. The molecule has 3 rings (SSSR count). The van der Waals surface area contributed by atoms with Gasteiger partial charge in [0.2, 0.25) is 12.2 Å². The molecule has 1 aromatic heterocycles. The Morgan fingerprint density at radius 2 is 1.76 bits per heavy atom. The van der Waals surface area contributed by atoms with Gasteiger partial charge in [-0.15, -0.1) is 0 Å². The summed E-state index contributed by atoms with van der Waals surface area (Å²) in [6.45, 7) is 2.07. The van der Waals surface area contributed by atoms with E-state index in [1.54, 1.807) is 29.2 Å². The van der Waals surface area contributed by atoms with Crippen LogP contribution < -0.4 is 14.2 Å². The molecular weight excluding hydrogens is 326 g/mol. The number of rotatable bonds is 5. The monoisotopic (exact) mass is 347 g/mol. The Hall–Kier alpha value is -2.90. The highest BCUT2D eigenvalue weighted by atomic mass is 16.5. The smallest absolute Gasteiger partial charge is 0.256 e. The molecule has 0 spiro atoms. The normalized spacial score (nSPS) is 14.5. The molecule has 0 bridgehead atoms. The molecule has 1 aromatic carbocycles. The quantitative estimate of drug-likeness (QED) is 0.819. The molecule has 8 heteroatoms. The Bertz CT molecular complexity index is 793. The van der Waals surface area contributed by atoms with Crippen LogP contribution in [0.15, 0.2) is 12.3 Å². The molecule has 0 saturated carbocycles. The number of hydrogen-bond donors (Lipinski definition) is 1. The number of carbonyl (C=O) groups excluding carboxylic acids is 2. The van der Waals surface area contributed by atoms with Crippen molar-refractivity contribution in [1.82, 2.24) is 14.8 Å². The maximum absolute atomic E-state index is 13.0. The third kappa shape index (κ3) is 2.84. The van der Waals surface area contributed by atoms with E-state index < -0.39 is 0 Å². The van der Waals surface area contributed by atoms with Crippen LogP contribution in [0, 0.1) is 0 Å². The third-order valence-electron chi connectivity index (χ3n) is 4.45. The highest BCUT2D eigenvalue weighted by Crippen LogP contribution is 2.44. The lowest BCUT2D eigenvalue weighted by Crippen LogP contribution is -2.48. The van der Waals surface area contributed by atoms with Crippen LogP contribution >= 0.6 is 0 Å². The Kier molecular flexibility index (Phi) is 4.69. The van der Waals surface area contributed by atoms with Gasteiger partial charge in [-0.2, -0.15) is 0 Å². The van der Waals surface area contributed by atoms with Crippen molar-refractivity contribution in [2.45, 2.75) is 0 Å². The molecule has 134 valence electrons. The number of aromatic nitrogens is 1. The van der Waals surface area contributed by atoms with E-state index >= 15 is 0 Å². The standard InChI is InChI=1S/C17H21N3O5/c1-23-13-8-12-14(16(25-3)15(13)24-2)11(9-18-12)17(22)20-6-4-19(10-21)5-7-20/h8-10,18H,4-7H2,1-3H3. The van der Waals surface area contributed by atoms with Crippen molar-refractivity contribution in [3.05, 3.63) is 17.8 Å². The van der Waals surface area contributed by atoms with Crippen LogP contribution in [0.3, 0.4) is 0 Å². The number of piperazine rings is 1. The van der Waals surface area contributed by atoms with Gasteiger partial charge in [0.15, 0.2) is 11.5 Å². The van der Waals surface area contributed by atoms with Crippen LogP contribution in [0.4, 0.5) is 0 Å². The lowest BCUT2D eigenvalue weighted by Gasteiger charge is -2.32. The largest absolute Gasteiger partial charge is 0.493 e. The van der Waals surface area contributed by atoms with E-state index in [4.69, 9.17) is 14.2 Å². The number of fused-ring (bicyclic) bond motifs is 1. The molecule has 0 atom stereocenters. The third-order valence-corrected chi connectivity index (χ3v) is 4.45. The van der Waals surface area contributed by atoms with Gasteiger partial charge >= 0.3 is 0 Å². The Morgan fingerprint density at radius 3 is 2.32 bits per heavy atom. The second-order valence-corrected chi connectivity index (χ2v) is 5.70. The molecule has 2 heterocycles. The van der Waals surface area contributed by atoms with Crippen molar-refractivity contribution < 1.29 is 23.8 Å². The number of nitrogens with one attached hydrogen (secondary N) is 1. The molecule has 1 aliphatic rings. The lowest BCUT2D eigenvalue weighted by molar-refractivity contribution is -0.119. The molecule has 0 radical (unpaired) electrons. The van der Waals surface area contributed by atoms with Crippen LogP contribution in [0.1, 0.15) is 10.4 Å². The summed E-state index contributed by atoms with van der Waals surface area (Å²) in [5.74, 6) is 1.31. The predicted octanol–water partition coefficient (Wildman–Crippen LogP) is 1.11. The number of ether oxygens (including phenoxy) is 3. The average Bonchev–Trinajstić information content (AvgIpc) is 3.09. The minimum atomic E-state index is -0.109. The van der Waals surface area contributed by atoms with Crippen LogP contribution in [0.25, 0.3) is 10.9 Å². The summed E-state index contributed by atoms with van der Waals surface area (Å²) < 4.78 is 16.3. The summed E-state index contributed by atoms with van der Waals surface area (Å²) in [6.07, 6.45) is 2.48. The summed E-state index contributed by atoms with van der Waals surface area (Å²) >= 11 is 0. The van der Waals surface area contributed by atoms with E-state index in [2.05, 4.69) is 4.98 Å². The minimum absolute atomic E-state index is 0.109. The summed E-state index contributed by atoms with van der Waals surface area (Å²) in [4.78, 5) is 30.3. The number of nitrogens with zero attached hydrogens (tertiary/aromatic N) is 2. The molecular formula is C17H21N3O5. The van der Waals surface area contributed by atoms with Gasteiger partial charge in [-0.05, 0) is 0 Å². The fourth-order valence-electron chi connectivity index (χ4n) is 3.13. The first-order chi connectivity index (χ1) is 12.1. The van der Waals surface area contributed by atoms with Gasteiger partial charge in [-0.25, -0.2) is 0 Å². The van der Waals surface area contributed by atoms with Crippen LogP contribution in [-0.2, 0) is 4.79 Å². The number of amides is 2. The number of aromatic amines is 1. The van der Waals surface area contributed by atoms with Crippen LogP contribution in [0.5, 0.6) is 17.2 Å². The van der Waals surface area contributed by atoms with E-state index in [1.807, 2.05) is 0 Å². The molecule has 1 saturated heterocycles. The first-order valence-electron chi connectivity index (χ1n) is 7.93. The van der Waals surface area contributed by atoms with Crippen molar-refractivity contribution in [1.29, 1.82) is 0 Å². The van der Waals surface area contributed by atoms with Crippen LogP contribution in [0.2, 0.25) is 0 Å². The summed E-state index contributed by atoms with van der Waals surface area (Å²) in [7, 11) is 4.60. The Balaban J connectivity index is 2.02. The van der Waals surface area contributed by atoms with Crippen molar-refractivity contribution in [2.24, 2.45) is 0 Å². The van der Waals surface area contributed by atoms with Gasteiger partial charge in [-0.3, -0.25) is 9.59 Å². The number of H-pyrrole nitrogens is 1. The van der Waals surface area contributed by atoms with Gasteiger partial charge in [-0.1, -0.05) is 0 Å². The fourth-order valence-corrected chi connectivity index (χ4v) is 3.13. The van der Waals surface area contributed by atoms with Gasteiger partial charge < -0.3 is 29.0 Å². The van der Waals surface area contributed by atoms with E-state index in [1.165, 1.54) is 14.2 Å². The first kappa shape index (κ1) is 16.9. The van der Waals surface area contributed by atoms with Crippen LogP contribution in [-0.4, -0.2) is 74.6 Å². The summed E-state index contributed by atoms with van der Waals surface area (Å²) in [5.41, 5.74) is 1.23. The number of methoxy groups -OCH3 is 3. The summed E-state index contributed by atoms with van der Waals surface area (Å²) in [5, 5.41) is 0.656. The summed E-state index contributed by atoms with van der Waals surface area (Å²) in [6, 6.07) is 1.78. The zero-order chi connectivity index (χ0) is 18.0. The predicted molar refractivity (Wildman–Crippen MR) is 91.5 cm³/mol. The second-order valence-electron chi connectivity index (χ2n) is 5.70. The molecule has 0 unspecified atom stereocenters. The van der Waals surface area contributed by atoms with Crippen molar-refractivity contribution >= 4 is 23.2 Å². The van der Waals surface area contributed by atoms with E-state index in [0.717, 1.165) is 11.9 Å². The first-order valence-corrected chi connectivity index (χ1v) is 7.93. The number of carbonyl (C=O) groups is 2. The number of hydrogen-bond acceptors (Lipinski definition) is 5. The van der Waals surface area contributed by atoms with Gasteiger partial charge in [0.25, 0.3) is 5.91 Å². The zero-order valence-electron chi connectivity index (χ0n) is 14.5. The van der Waals surface area contributed by atoms with Crippen molar-refractivity contribution in [3.63, 3.8) is 0 Å². The van der Waals surface area contributed by atoms with Crippen molar-refractivity contribution in [3.8, 4) is 17.2 Å². The molecule has 0 aliphatic carbocycles. The fraction of sp³-hybridized carbons (Fsp3) is 0.412. The average molecular weight is 347 g/mol. The lowest BCUT2D eigenvalue weighted by atomic mass is 10.1. The highest BCUT2D eigenvalue weighted by molar-refractivity contribution is 6.10. The zero-order valence-corrected chi connectivity index (χ0v) is 14.5. The SMILES string of the molecule is COc1cc2[nH]cc(C(=O)N3CCN(C=O)CC3)c2c(OC)c1OC. The molecule has 2 aromatic rings. The topological polar surface area (TPSA) is 84.1 Å². The maximum Gasteiger partial charge on any atom is 0.256 e. The van der Waals surface area contributed by atoms with E-state index in [0.29, 0.717) is 54.4 Å².